The lowest BCUT2D eigenvalue weighted by atomic mass is 9.97. The third-order valence-electron chi connectivity index (χ3n) is 5.94. The zero-order valence-corrected chi connectivity index (χ0v) is 18.5. The Balaban J connectivity index is 1.44. The number of hydrogen-bond acceptors (Lipinski definition) is 5. The Kier molecular flexibility index (Phi) is 5.98. The Labute approximate surface area is 199 Å². The average molecular weight is 515 g/mol. The molecule has 0 bridgehead atoms. The van der Waals surface area contributed by atoms with Crippen molar-refractivity contribution in [1.82, 2.24) is 20.5 Å². The molecular weight excluding hydrogens is 496 g/mol. The van der Waals surface area contributed by atoms with Crippen molar-refractivity contribution in [3.63, 3.8) is 0 Å². The van der Waals surface area contributed by atoms with Gasteiger partial charge >= 0.3 is 12.4 Å². The molecule has 2 aromatic heterocycles. The third-order valence-corrected chi connectivity index (χ3v) is 5.94. The molecule has 36 heavy (non-hydrogen) atoms. The molecule has 2 heterocycles. The van der Waals surface area contributed by atoms with E-state index in [1.807, 2.05) is 5.32 Å². The monoisotopic (exact) mass is 515 g/mol. The first-order chi connectivity index (χ1) is 16.6. The lowest BCUT2D eigenvalue weighted by Gasteiger charge is -2.25. The van der Waals surface area contributed by atoms with Gasteiger partial charge in [-0.25, -0.2) is 0 Å². The standard InChI is InChI=1S/C22H19F6N5O3/c1-19(36,21(23,24)25)17-13-3-2-11(8-14(13)32-33-17)9-16(34)30-12-4-7-29-15(10-12)18(35)31-20(5-6-20)22(26,27)28/h2-4,7-8,10,36H,5-6,9H2,1H3,(H,31,35)(H,32,33)(H,29,30,34). The number of H-pyrrole nitrogens is 1. The summed E-state index contributed by atoms with van der Waals surface area (Å²) < 4.78 is 78.7. The van der Waals surface area contributed by atoms with E-state index in [1.54, 1.807) is 0 Å². The van der Waals surface area contributed by atoms with Gasteiger partial charge in [0.05, 0.1) is 17.6 Å². The highest BCUT2D eigenvalue weighted by Crippen LogP contribution is 2.49. The zero-order chi connectivity index (χ0) is 26.5. The summed E-state index contributed by atoms with van der Waals surface area (Å²) in [6.07, 6.45) is -9.07. The van der Waals surface area contributed by atoms with Crippen molar-refractivity contribution in [2.75, 3.05) is 5.32 Å². The predicted octanol–water partition coefficient (Wildman–Crippen LogP) is 3.73. The largest absolute Gasteiger partial charge is 0.422 e. The second-order valence-corrected chi connectivity index (χ2v) is 8.71. The highest BCUT2D eigenvalue weighted by Gasteiger charge is 2.64. The molecule has 0 aliphatic heterocycles. The van der Waals surface area contributed by atoms with E-state index in [0.717, 1.165) is 12.3 Å². The molecule has 3 aromatic rings. The molecule has 1 aliphatic carbocycles. The minimum Gasteiger partial charge on any atom is -0.375 e. The van der Waals surface area contributed by atoms with Crippen LogP contribution in [0.15, 0.2) is 36.5 Å². The van der Waals surface area contributed by atoms with Crippen molar-refractivity contribution < 1.29 is 41.0 Å². The van der Waals surface area contributed by atoms with Crippen LogP contribution in [0.3, 0.4) is 0 Å². The molecule has 1 unspecified atom stereocenters. The Hall–Kier alpha value is -3.68. The van der Waals surface area contributed by atoms with E-state index in [0.29, 0.717) is 12.5 Å². The lowest BCUT2D eigenvalue weighted by molar-refractivity contribution is -0.259. The third kappa shape index (κ3) is 4.72. The Morgan fingerprint density at radius 3 is 2.42 bits per heavy atom. The summed E-state index contributed by atoms with van der Waals surface area (Å²) in [5.74, 6) is -1.60. The van der Waals surface area contributed by atoms with Crippen LogP contribution in [0.4, 0.5) is 32.0 Å². The van der Waals surface area contributed by atoms with Crippen molar-refractivity contribution >= 4 is 28.4 Å². The quantitative estimate of drug-likeness (QED) is 0.373. The van der Waals surface area contributed by atoms with E-state index in [9.17, 15) is 41.0 Å². The summed E-state index contributed by atoms with van der Waals surface area (Å²) in [6, 6.07) is 6.53. The lowest BCUT2D eigenvalue weighted by Crippen LogP contribution is -2.48. The van der Waals surface area contributed by atoms with Crippen LogP contribution in [-0.4, -0.2) is 50.0 Å². The number of aromatic nitrogens is 3. The van der Waals surface area contributed by atoms with Gasteiger partial charge in [0.25, 0.3) is 5.91 Å². The van der Waals surface area contributed by atoms with Crippen LogP contribution in [0.25, 0.3) is 10.9 Å². The van der Waals surface area contributed by atoms with Gasteiger partial charge in [0.2, 0.25) is 5.91 Å². The van der Waals surface area contributed by atoms with Gasteiger partial charge in [0, 0.05) is 17.3 Å². The number of benzene rings is 1. The van der Waals surface area contributed by atoms with Crippen molar-refractivity contribution in [1.29, 1.82) is 0 Å². The molecule has 14 heteroatoms. The molecule has 1 saturated carbocycles. The molecule has 4 rings (SSSR count). The second-order valence-electron chi connectivity index (χ2n) is 8.71. The van der Waals surface area contributed by atoms with E-state index in [4.69, 9.17) is 0 Å². The summed E-state index contributed by atoms with van der Waals surface area (Å²) in [4.78, 5) is 28.5. The molecule has 0 saturated heterocycles. The van der Waals surface area contributed by atoms with Gasteiger partial charge in [-0.3, -0.25) is 19.7 Å². The number of carbonyl (C=O) groups is 2. The fourth-order valence-electron chi connectivity index (χ4n) is 3.59. The maximum atomic E-state index is 13.2. The van der Waals surface area contributed by atoms with Crippen LogP contribution in [0.1, 0.15) is 41.5 Å². The van der Waals surface area contributed by atoms with Gasteiger partial charge < -0.3 is 15.7 Å². The summed E-state index contributed by atoms with van der Waals surface area (Å²) >= 11 is 0. The summed E-state index contributed by atoms with van der Waals surface area (Å²) in [5.41, 5.74) is -5.68. The highest BCUT2D eigenvalue weighted by molar-refractivity contribution is 5.97. The SMILES string of the molecule is CC(O)(c1[nH]nc2cc(CC(=O)Nc3ccnc(C(=O)NC4(C(F)(F)F)CC4)c3)ccc12)C(F)(F)F. The van der Waals surface area contributed by atoms with Crippen molar-refractivity contribution in [3.05, 3.63) is 53.5 Å². The van der Waals surface area contributed by atoms with Gasteiger partial charge in [-0.1, -0.05) is 12.1 Å². The first-order valence-corrected chi connectivity index (χ1v) is 10.5. The van der Waals surface area contributed by atoms with Gasteiger partial charge in [0.1, 0.15) is 11.2 Å². The normalized spacial score (nSPS) is 16.9. The van der Waals surface area contributed by atoms with Crippen LogP contribution in [-0.2, 0) is 16.8 Å². The van der Waals surface area contributed by atoms with Crippen molar-refractivity contribution in [2.24, 2.45) is 0 Å². The maximum Gasteiger partial charge on any atom is 0.422 e. The average Bonchev–Trinajstić information content (AvgIpc) is 3.43. The summed E-state index contributed by atoms with van der Waals surface area (Å²) in [5, 5.41) is 20.3. The Morgan fingerprint density at radius 1 is 1.11 bits per heavy atom. The smallest absolute Gasteiger partial charge is 0.375 e. The molecule has 0 radical (unpaired) electrons. The van der Waals surface area contributed by atoms with Crippen LogP contribution < -0.4 is 10.6 Å². The second kappa shape index (κ2) is 8.47. The van der Waals surface area contributed by atoms with Crippen molar-refractivity contribution in [3.8, 4) is 0 Å². The number of amides is 2. The Morgan fingerprint density at radius 2 is 1.81 bits per heavy atom. The van der Waals surface area contributed by atoms with Gasteiger partial charge in [0.15, 0.2) is 5.60 Å². The zero-order valence-electron chi connectivity index (χ0n) is 18.5. The molecule has 1 aliphatic rings. The molecule has 192 valence electrons. The van der Waals surface area contributed by atoms with Crippen LogP contribution in [0.5, 0.6) is 0 Å². The van der Waals surface area contributed by atoms with E-state index in [2.05, 4.69) is 20.5 Å². The Bertz CT molecular complexity index is 1330. The minimum absolute atomic E-state index is 0.0264. The molecule has 2 amide bonds. The fraction of sp³-hybridized carbons (Fsp3) is 0.364. The molecule has 1 atom stereocenters. The number of anilines is 1. The molecular formula is C22H19F6N5O3. The summed E-state index contributed by atoms with van der Waals surface area (Å²) in [6.45, 7) is 0.595. The molecule has 1 aromatic carbocycles. The summed E-state index contributed by atoms with van der Waals surface area (Å²) in [7, 11) is 0. The topological polar surface area (TPSA) is 120 Å². The van der Waals surface area contributed by atoms with Crippen molar-refractivity contribution in [2.45, 2.75) is 49.7 Å². The molecule has 8 nitrogen and oxygen atoms in total. The first kappa shape index (κ1) is 25.4. The highest BCUT2D eigenvalue weighted by atomic mass is 19.4. The predicted molar refractivity (Wildman–Crippen MR) is 114 cm³/mol. The van der Waals surface area contributed by atoms with E-state index in [-0.39, 0.29) is 41.5 Å². The van der Waals surface area contributed by atoms with Gasteiger partial charge in [-0.15, -0.1) is 0 Å². The minimum atomic E-state index is -4.95. The number of aromatic amines is 1. The maximum absolute atomic E-state index is 13.2. The van der Waals surface area contributed by atoms with Crippen LogP contribution in [0.2, 0.25) is 0 Å². The van der Waals surface area contributed by atoms with E-state index in [1.165, 1.54) is 24.3 Å². The first-order valence-electron chi connectivity index (χ1n) is 10.5. The fourth-order valence-corrected chi connectivity index (χ4v) is 3.59. The van der Waals surface area contributed by atoms with Gasteiger partial charge in [-0.2, -0.15) is 31.4 Å². The van der Waals surface area contributed by atoms with E-state index < -0.39 is 41.0 Å². The van der Waals surface area contributed by atoms with Crippen LogP contribution >= 0.6 is 0 Å². The number of carbonyl (C=O) groups excluding carboxylic acids is 2. The number of pyridine rings is 1. The number of nitrogens with one attached hydrogen (secondary N) is 3. The number of nitrogens with zero attached hydrogens (tertiary/aromatic N) is 2. The number of aliphatic hydroxyl groups is 1. The van der Waals surface area contributed by atoms with E-state index >= 15 is 0 Å². The van der Waals surface area contributed by atoms with Gasteiger partial charge in [-0.05, 0) is 43.5 Å². The number of rotatable bonds is 6. The molecule has 0 spiro atoms. The number of hydrogen-bond donors (Lipinski definition) is 4. The number of halogens is 6. The van der Waals surface area contributed by atoms with Crippen LogP contribution in [0, 0.1) is 0 Å². The number of alkyl halides is 6. The number of fused-ring (bicyclic) bond motifs is 1. The molecule has 1 fully saturated rings. The molecule has 4 N–H and O–H groups in total.